The third-order valence-corrected chi connectivity index (χ3v) is 3.23. The lowest BCUT2D eigenvalue weighted by Crippen LogP contribution is -2.26. The molecule has 0 saturated carbocycles. The molecule has 0 saturated heterocycles. The molecule has 2 heterocycles. The molecule has 13 heavy (non-hydrogen) atoms. The van der Waals surface area contributed by atoms with Gasteiger partial charge in [0.25, 0.3) is 0 Å². The zero-order valence-electron chi connectivity index (χ0n) is 8.75. The highest BCUT2D eigenvalue weighted by molar-refractivity contribution is 5.96. The molecule has 0 aromatic heterocycles. The van der Waals surface area contributed by atoms with Gasteiger partial charge in [0.05, 0.1) is 5.41 Å². The third kappa shape index (κ3) is 1.37. The number of nitrogens with zero attached hydrogens (tertiary/aromatic N) is 1. The van der Waals surface area contributed by atoms with E-state index in [-0.39, 0.29) is 0 Å². The van der Waals surface area contributed by atoms with Gasteiger partial charge in [0.1, 0.15) is 6.54 Å². The third-order valence-electron chi connectivity index (χ3n) is 3.23. The maximum Gasteiger partial charge on any atom is 0.182 e. The summed E-state index contributed by atoms with van der Waals surface area (Å²) < 4.78 is 2.51. The van der Waals surface area contributed by atoms with Gasteiger partial charge in [0.2, 0.25) is 0 Å². The van der Waals surface area contributed by atoms with Crippen molar-refractivity contribution in [3.63, 3.8) is 0 Å². The number of rotatable bonds is 0. The van der Waals surface area contributed by atoms with Gasteiger partial charge >= 0.3 is 0 Å². The fourth-order valence-corrected chi connectivity index (χ4v) is 2.26. The molecule has 0 aliphatic carbocycles. The van der Waals surface area contributed by atoms with Crippen LogP contribution in [0, 0.1) is 5.41 Å². The Labute approximate surface area is 80.5 Å². The lowest BCUT2D eigenvalue weighted by Gasteiger charge is -2.12. The maximum absolute atomic E-state index is 2.51. The molecule has 70 valence electrons. The molecule has 0 aromatic carbocycles. The Kier molecular flexibility index (Phi) is 1.90. The predicted octanol–water partition coefficient (Wildman–Crippen LogP) is 2.38. The van der Waals surface area contributed by atoms with E-state index >= 15 is 0 Å². The van der Waals surface area contributed by atoms with Gasteiger partial charge in [-0.05, 0) is 19.9 Å². The minimum absolute atomic E-state index is 0.372. The van der Waals surface area contributed by atoms with Crippen LogP contribution in [0.1, 0.15) is 27.2 Å². The summed E-state index contributed by atoms with van der Waals surface area (Å²) in [5.74, 6) is 0. The molecule has 0 aromatic rings. The molecule has 0 bridgehead atoms. The molecule has 2 aliphatic rings. The summed E-state index contributed by atoms with van der Waals surface area (Å²) in [6, 6.07) is 0.562. The van der Waals surface area contributed by atoms with Crippen LogP contribution in [0.2, 0.25) is 0 Å². The smallest absolute Gasteiger partial charge is 0.182 e. The van der Waals surface area contributed by atoms with E-state index in [2.05, 4.69) is 49.7 Å². The van der Waals surface area contributed by atoms with E-state index in [1.165, 1.54) is 18.7 Å². The Balaban J connectivity index is 2.45. The average molecular weight is 176 g/mol. The van der Waals surface area contributed by atoms with Crippen molar-refractivity contribution in [3.8, 4) is 0 Å². The van der Waals surface area contributed by atoms with E-state index in [9.17, 15) is 0 Å². The molecule has 0 radical (unpaired) electrons. The number of allylic oxidation sites excluding steroid dienone is 3. The Hall–Kier alpha value is -0.850. The highest BCUT2D eigenvalue weighted by Gasteiger charge is 2.39. The van der Waals surface area contributed by atoms with Crippen LogP contribution in [0.5, 0.6) is 0 Å². The molecule has 0 spiro atoms. The number of hydrogen-bond donors (Lipinski definition) is 0. The highest BCUT2D eigenvalue weighted by atomic mass is 15.1. The van der Waals surface area contributed by atoms with Crippen LogP contribution in [0.4, 0.5) is 0 Å². The summed E-state index contributed by atoms with van der Waals surface area (Å²) in [5, 5.41) is 0. The molecule has 0 amide bonds. The molecule has 1 unspecified atom stereocenters. The number of hydrogen-bond acceptors (Lipinski definition) is 0. The largest absolute Gasteiger partial charge is 0.227 e. The monoisotopic (exact) mass is 176 g/mol. The first kappa shape index (κ1) is 8.74. The van der Waals surface area contributed by atoms with Gasteiger partial charge in [-0.15, -0.1) is 0 Å². The summed E-state index contributed by atoms with van der Waals surface area (Å²) in [7, 11) is 0. The van der Waals surface area contributed by atoms with Crippen molar-refractivity contribution in [1.29, 1.82) is 0 Å². The molecule has 0 fully saturated rings. The lowest BCUT2D eigenvalue weighted by atomic mass is 9.86. The van der Waals surface area contributed by atoms with Gasteiger partial charge < -0.3 is 0 Å². The summed E-state index contributed by atoms with van der Waals surface area (Å²) >= 11 is 0. The molecular weight excluding hydrogens is 158 g/mol. The first-order chi connectivity index (χ1) is 6.11. The van der Waals surface area contributed by atoms with E-state index < -0.39 is 0 Å². The van der Waals surface area contributed by atoms with E-state index in [0.717, 1.165) is 0 Å². The predicted molar refractivity (Wildman–Crippen MR) is 56.3 cm³/mol. The molecule has 1 heteroatoms. The maximum atomic E-state index is 2.51. The van der Waals surface area contributed by atoms with Crippen LogP contribution in [0.3, 0.4) is 0 Å². The molecule has 0 N–H and O–H groups in total. The molecule has 2 rings (SSSR count). The van der Waals surface area contributed by atoms with Crippen molar-refractivity contribution in [1.82, 2.24) is 0 Å². The first-order valence-corrected chi connectivity index (χ1v) is 5.10. The van der Waals surface area contributed by atoms with Gasteiger partial charge in [-0.25, -0.2) is 4.58 Å². The Bertz CT molecular complexity index is 305. The summed E-state index contributed by atoms with van der Waals surface area (Å²) in [6.07, 6.45) is 10.1. The molecule has 1 atom stereocenters. The van der Waals surface area contributed by atoms with Crippen LogP contribution in [-0.4, -0.2) is 22.9 Å². The van der Waals surface area contributed by atoms with Crippen molar-refractivity contribution in [2.24, 2.45) is 5.41 Å². The summed E-state index contributed by atoms with van der Waals surface area (Å²) in [5.41, 5.74) is 1.88. The van der Waals surface area contributed by atoms with Gasteiger partial charge in [0.15, 0.2) is 11.8 Å². The summed E-state index contributed by atoms with van der Waals surface area (Å²) in [6.45, 7) is 8.15. The molecular formula is C12H18N+. The fraction of sp³-hybridized carbons (Fsp3) is 0.583. The van der Waals surface area contributed by atoms with E-state index in [4.69, 9.17) is 0 Å². The normalized spacial score (nSPS) is 30.5. The Morgan fingerprint density at radius 3 is 2.92 bits per heavy atom. The second-order valence-corrected chi connectivity index (χ2v) is 4.70. The van der Waals surface area contributed by atoms with Crippen molar-refractivity contribution in [2.45, 2.75) is 33.2 Å². The van der Waals surface area contributed by atoms with E-state index in [1.807, 2.05) is 0 Å². The minimum atomic E-state index is 0.372. The van der Waals surface area contributed by atoms with Gasteiger partial charge in [-0.2, -0.15) is 0 Å². The molecule has 1 nitrogen and oxygen atoms in total. The first-order valence-electron chi connectivity index (χ1n) is 5.10. The standard InChI is InChI=1S/C12H18N/c1-10-6-4-5-7-11-12(2,3)8-9-13(10)11/h4-7,10H,8-9H2,1-3H3/q+1. The Morgan fingerprint density at radius 1 is 1.38 bits per heavy atom. The van der Waals surface area contributed by atoms with Gasteiger partial charge in [-0.3, -0.25) is 0 Å². The van der Waals surface area contributed by atoms with Crippen LogP contribution in [-0.2, 0) is 0 Å². The molecule has 2 aliphatic heterocycles. The Morgan fingerprint density at radius 2 is 2.15 bits per heavy atom. The highest BCUT2D eigenvalue weighted by Crippen LogP contribution is 2.30. The van der Waals surface area contributed by atoms with Crippen molar-refractivity contribution >= 4 is 5.71 Å². The van der Waals surface area contributed by atoms with Crippen LogP contribution >= 0.6 is 0 Å². The van der Waals surface area contributed by atoms with Gasteiger partial charge in [0, 0.05) is 19.4 Å². The second-order valence-electron chi connectivity index (χ2n) is 4.70. The average Bonchev–Trinajstić information content (AvgIpc) is 2.26. The van der Waals surface area contributed by atoms with Crippen LogP contribution in [0.15, 0.2) is 24.3 Å². The van der Waals surface area contributed by atoms with Crippen LogP contribution in [0.25, 0.3) is 0 Å². The van der Waals surface area contributed by atoms with Crippen molar-refractivity contribution in [3.05, 3.63) is 24.3 Å². The zero-order valence-corrected chi connectivity index (χ0v) is 8.75. The SMILES string of the molecule is CC1C=CC=CC2=[N+]1CCC2(C)C. The van der Waals surface area contributed by atoms with Gasteiger partial charge in [-0.1, -0.05) is 12.2 Å². The van der Waals surface area contributed by atoms with Crippen LogP contribution < -0.4 is 0 Å². The van der Waals surface area contributed by atoms with Crippen molar-refractivity contribution in [2.75, 3.05) is 6.54 Å². The zero-order chi connectivity index (χ0) is 9.47. The minimum Gasteiger partial charge on any atom is -0.227 e. The second kappa shape index (κ2) is 2.83. The quantitative estimate of drug-likeness (QED) is 0.499. The fourth-order valence-electron chi connectivity index (χ4n) is 2.26. The van der Waals surface area contributed by atoms with Crippen molar-refractivity contribution < 1.29 is 4.58 Å². The van der Waals surface area contributed by atoms with E-state index in [1.54, 1.807) is 0 Å². The lowest BCUT2D eigenvalue weighted by molar-refractivity contribution is -0.542. The topological polar surface area (TPSA) is 3.01 Å². The van der Waals surface area contributed by atoms with E-state index in [0.29, 0.717) is 11.5 Å². The summed E-state index contributed by atoms with van der Waals surface area (Å²) in [4.78, 5) is 0.